The molecule has 0 saturated heterocycles. The maximum Gasteiger partial charge on any atom is 0.347 e. The Morgan fingerprint density at radius 3 is 2.12 bits per heavy atom. The second-order valence-corrected chi connectivity index (χ2v) is 8.60. The van der Waals surface area contributed by atoms with Crippen LogP contribution in [0.1, 0.15) is 86.7 Å². The summed E-state index contributed by atoms with van der Waals surface area (Å²) in [6.07, 6.45) is 10.7. The van der Waals surface area contributed by atoms with Crippen LogP contribution >= 0.6 is 0 Å². The average Bonchev–Trinajstić information content (AvgIpc) is 2.80. The Kier molecular flexibility index (Phi) is 9.15. The van der Waals surface area contributed by atoms with Crippen LogP contribution < -0.4 is 4.74 Å². The minimum Gasteiger partial charge on any atom is -0.507 e. The van der Waals surface area contributed by atoms with E-state index in [1.54, 1.807) is 0 Å². The number of hydrogen-bond donors (Lipinski definition) is 1. The molecule has 0 atom stereocenters. The van der Waals surface area contributed by atoms with Gasteiger partial charge in [0.15, 0.2) is 0 Å². The van der Waals surface area contributed by atoms with Crippen LogP contribution in [0.3, 0.4) is 0 Å². The van der Waals surface area contributed by atoms with Crippen molar-refractivity contribution < 1.29 is 14.6 Å². The molecule has 0 amide bonds. The monoisotopic (exact) mass is 432 g/mol. The lowest BCUT2D eigenvalue weighted by molar-refractivity contribution is 0.0732. The lowest BCUT2D eigenvalue weighted by Gasteiger charge is -2.15. The Morgan fingerprint density at radius 1 is 0.781 bits per heavy atom. The summed E-state index contributed by atoms with van der Waals surface area (Å²) in [7, 11) is 0. The lowest BCUT2D eigenvalue weighted by Crippen LogP contribution is -2.12. The molecule has 0 saturated carbocycles. The van der Waals surface area contributed by atoms with Gasteiger partial charge in [0, 0.05) is 0 Å². The predicted molar refractivity (Wildman–Crippen MR) is 133 cm³/mol. The van der Waals surface area contributed by atoms with Gasteiger partial charge in [0.1, 0.15) is 17.1 Å². The fraction of sp³-hybridized carbons (Fsp3) is 0.414. The molecule has 0 aliphatic carbocycles. The third-order valence-corrected chi connectivity index (χ3v) is 6.08. The number of phenolic OH excluding ortho intramolecular Hbond substituents is 1. The van der Waals surface area contributed by atoms with Crippen molar-refractivity contribution in [3.8, 4) is 11.5 Å². The molecule has 0 radical (unpaired) electrons. The number of benzene rings is 3. The molecule has 3 nitrogen and oxygen atoms in total. The molecule has 0 aliphatic rings. The van der Waals surface area contributed by atoms with Crippen molar-refractivity contribution in [2.24, 2.45) is 0 Å². The van der Waals surface area contributed by atoms with E-state index in [1.165, 1.54) is 32.1 Å². The summed E-state index contributed by atoms with van der Waals surface area (Å²) in [5.74, 6) is 0.159. The van der Waals surface area contributed by atoms with Crippen LogP contribution in [0.5, 0.6) is 11.5 Å². The highest BCUT2D eigenvalue weighted by Crippen LogP contribution is 2.34. The minimum absolute atomic E-state index is 0.0608. The molecule has 0 heterocycles. The molecule has 1 N–H and O–H groups in total. The standard InChI is InChI=1S/C29H36O3/c1-3-5-7-9-15-22-16-12-14-20-26(22)32-29(31)27-25-19-13-11-17-23(25)21-24(28(27)30)18-10-8-6-4-2/h11-14,16-17,19-21,30H,3-10,15,18H2,1-2H3. The molecular formula is C29H36O3. The van der Waals surface area contributed by atoms with Crippen LogP contribution in [0.25, 0.3) is 10.8 Å². The number of rotatable bonds is 12. The van der Waals surface area contributed by atoms with E-state index in [1.807, 2.05) is 54.6 Å². The molecular weight excluding hydrogens is 396 g/mol. The number of unbranched alkanes of at least 4 members (excludes halogenated alkanes) is 6. The van der Waals surface area contributed by atoms with E-state index in [9.17, 15) is 9.90 Å². The van der Waals surface area contributed by atoms with E-state index >= 15 is 0 Å². The lowest BCUT2D eigenvalue weighted by atomic mass is 9.96. The van der Waals surface area contributed by atoms with Gasteiger partial charge in [-0.25, -0.2) is 4.79 Å². The van der Waals surface area contributed by atoms with Gasteiger partial charge in [0.05, 0.1) is 0 Å². The van der Waals surface area contributed by atoms with Crippen molar-refractivity contribution in [3.05, 3.63) is 71.3 Å². The topological polar surface area (TPSA) is 46.5 Å². The third-order valence-electron chi connectivity index (χ3n) is 6.08. The molecule has 3 aromatic carbocycles. The number of ether oxygens (including phenoxy) is 1. The molecule has 32 heavy (non-hydrogen) atoms. The highest BCUT2D eigenvalue weighted by molar-refractivity contribution is 6.08. The summed E-state index contributed by atoms with van der Waals surface area (Å²) in [4.78, 5) is 13.3. The number of para-hydroxylation sites is 1. The molecule has 0 spiro atoms. The maximum absolute atomic E-state index is 13.3. The van der Waals surface area contributed by atoms with Gasteiger partial charge in [0.2, 0.25) is 0 Å². The van der Waals surface area contributed by atoms with Crippen molar-refractivity contribution in [1.82, 2.24) is 0 Å². The molecule has 0 bridgehead atoms. The smallest absolute Gasteiger partial charge is 0.347 e. The first-order valence-corrected chi connectivity index (χ1v) is 12.2. The zero-order valence-corrected chi connectivity index (χ0v) is 19.5. The van der Waals surface area contributed by atoms with Crippen molar-refractivity contribution in [2.75, 3.05) is 0 Å². The van der Waals surface area contributed by atoms with E-state index in [0.717, 1.165) is 54.0 Å². The van der Waals surface area contributed by atoms with E-state index in [4.69, 9.17) is 4.74 Å². The normalized spacial score (nSPS) is 11.1. The van der Waals surface area contributed by atoms with Crippen LogP contribution in [0, 0.1) is 0 Å². The molecule has 170 valence electrons. The fourth-order valence-electron chi connectivity index (χ4n) is 4.24. The first kappa shape index (κ1) is 23.8. The van der Waals surface area contributed by atoms with Crippen molar-refractivity contribution in [2.45, 2.75) is 78.1 Å². The van der Waals surface area contributed by atoms with Gasteiger partial charge in [0.25, 0.3) is 0 Å². The van der Waals surface area contributed by atoms with Crippen molar-refractivity contribution in [3.63, 3.8) is 0 Å². The number of esters is 1. The third kappa shape index (κ3) is 6.12. The second-order valence-electron chi connectivity index (χ2n) is 8.60. The highest BCUT2D eigenvalue weighted by atomic mass is 16.5. The van der Waals surface area contributed by atoms with Gasteiger partial charge in [-0.2, -0.15) is 0 Å². The minimum atomic E-state index is -0.491. The summed E-state index contributed by atoms with van der Waals surface area (Å²) < 4.78 is 5.88. The number of aryl methyl sites for hydroxylation is 2. The van der Waals surface area contributed by atoms with Gasteiger partial charge < -0.3 is 9.84 Å². The second kappa shape index (κ2) is 12.3. The van der Waals surface area contributed by atoms with Crippen LogP contribution in [-0.2, 0) is 12.8 Å². The van der Waals surface area contributed by atoms with Crippen molar-refractivity contribution in [1.29, 1.82) is 0 Å². The van der Waals surface area contributed by atoms with Gasteiger partial charge in [-0.1, -0.05) is 94.8 Å². The molecule has 0 unspecified atom stereocenters. The SMILES string of the molecule is CCCCCCc1ccccc1OC(=O)c1c(O)c(CCCCCC)cc2ccccc12. The Bertz CT molecular complexity index is 1020. The number of hydrogen-bond acceptors (Lipinski definition) is 3. The summed E-state index contributed by atoms with van der Waals surface area (Å²) in [5, 5.41) is 12.7. The first-order valence-electron chi connectivity index (χ1n) is 12.2. The largest absolute Gasteiger partial charge is 0.507 e. The van der Waals surface area contributed by atoms with E-state index in [2.05, 4.69) is 13.8 Å². The summed E-state index contributed by atoms with van der Waals surface area (Å²) >= 11 is 0. The van der Waals surface area contributed by atoms with Crippen LogP contribution in [0.15, 0.2) is 54.6 Å². The Labute approximate surface area is 192 Å². The Hall–Kier alpha value is -2.81. The first-order chi connectivity index (χ1) is 15.7. The molecule has 0 aliphatic heterocycles. The maximum atomic E-state index is 13.3. The number of carbonyl (C=O) groups excluding carboxylic acids is 1. The number of phenols is 1. The molecule has 0 aromatic heterocycles. The highest BCUT2D eigenvalue weighted by Gasteiger charge is 2.21. The molecule has 3 rings (SSSR count). The Balaban J connectivity index is 1.87. The van der Waals surface area contributed by atoms with Crippen molar-refractivity contribution >= 4 is 16.7 Å². The van der Waals surface area contributed by atoms with Crippen LogP contribution in [0.4, 0.5) is 0 Å². The van der Waals surface area contributed by atoms with E-state index in [-0.39, 0.29) is 11.3 Å². The zero-order valence-electron chi connectivity index (χ0n) is 19.5. The zero-order chi connectivity index (χ0) is 22.8. The Morgan fingerprint density at radius 2 is 1.41 bits per heavy atom. The predicted octanol–water partition coefficient (Wildman–Crippen LogP) is 8.01. The van der Waals surface area contributed by atoms with E-state index in [0.29, 0.717) is 5.75 Å². The van der Waals surface area contributed by atoms with Crippen LogP contribution in [-0.4, -0.2) is 11.1 Å². The van der Waals surface area contributed by atoms with E-state index < -0.39 is 5.97 Å². The quantitative estimate of drug-likeness (QED) is 0.179. The molecule has 3 aromatic rings. The van der Waals surface area contributed by atoms with Gasteiger partial charge in [-0.15, -0.1) is 0 Å². The van der Waals surface area contributed by atoms with Gasteiger partial charge >= 0.3 is 5.97 Å². The van der Waals surface area contributed by atoms with Gasteiger partial charge in [-0.3, -0.25) is 0 Å². The summed E-state index contributed by atoms with van der Waals surface area (Å²) in [5.41, 5.74) is 2.13. The number of fused-ring (bicyclic) bond motifs is 1. The van der Waals surface area contributed by atoms with Crippen LogP contribution in [0.2, 0.25) is 0 Å². The van der Waals surface area contributed by atoms with Gasteiger partial charge in [-0.05, 0) is 59.7 Å². The summed E-state index contributed by atoms with van der Waals surface area (Å²) in [6, 6.07) is 17.5. The summed E-state index contributed by atoms with van der Waals surface area (Å²) in [6.45, 7) is 4.38. The molecule has 3 heteroatoms. The fourth-order valence-corrected chi connectivity index (χ4v) is 4.24. The average molecular weight is 433 g/mol. The number of aromatic hydroxyl groups is 1. The number of carbonyl (C=O) groups is 1. The molecule has 0 fully saturated rings.